The van der Waals surface area contributed by atoms with E-state index in [9.17, 15) is 20.2 Å². The lowest BCUT2D eigenvalue weighted by Crippen LogP contribution is -2.04. The summed E-state index contributed by atoms with van der Waals surface area (Å²) in [4.78, 5) is 20.6. The van der Waals surface area contributed by atoms with Gasteiger partial charge in [0.25, 0.3) is 0 Å². The Morgan fingerprint density at radius 2 is 1.88 bits per heavy atom. The average Bonchev–Trinajstić information content (AvgIpc) is 3.26. The van der Waals surface area contributed by atoms with Crippen LogP contribution in [-0.2, 0) is 19.5 Å². The summed E-state index contributed by atoms with van der Waals surface area (Å²) in [6.45, 7) is 3.60. The van der Waals surface area contributed by atoms with Crippen LogP contribution in [0.15, 0.2) is 16.8 Å². The minimum absolute atomic E-state index is 0.0370. The summed E-state index contributed by atoms with van der Waals surface area (Å²) < 4.78 is 8.34. The van der Waals surface area contributed by atoms with Crippen LogP contribution >= 0.6 is 0 Å². The molecule has 136 valence electrons. The van der Waals surface area contributed by atoms with E-state index < -0.39 is 9.85 Å². The molecular formula is C13H14N8O5. The zero-order valence-electron chi connectivity index (χ0n) is 13.9. The van der Waals surface area contributed by atoms with Crippen LogP contribution in [0.25, 0.3) is 0 Å². The Morgan fingerprint density at radius 3 is 2.50 bits per heavy atom. The summed E-state index contributed by atoms with van der Waals surface area (Å²) in [7, 11) is 0. The van der Waals surface area contributed by atoms with Gasteiger partial charge in [0.15, 0.2) is 0 Å². The first-order valence-corrected chi connectivity index (χ1v) is 7.51. The van der Waals surface area contributed by atoms with E-state index in [0.29, 0.717) is 30.2 Å². The number of aromatic nitrogens is 6. The lowest BCUT2D eigenvalue weighted by atomic mass is 10.3. The second-order valence-corrected chi connectivity index (χ2v) is 5.49. The van der Waals surface area contributed by atoms with Crippen molar-refractivity contribution in [3.63, 3.8) is 0 Å². The van der Waals surface area contributed by atoms with Crippen LogP contribution in [-0.4, -0.2) is 39.6 Å². The fourth-order valence-electron chi connectivity index (χ4n) is 2.47. The van der Waals surface area contributed by atoms with Crippen LogP contribution < -0.4 is 0 Å². The summed E-state index contributed by atoms with van der Waals surface area (Å²) in [5.41, 5.74) is 0.580. The van der Waals surface area contributed by atoms with Gasteiger partial charge in [0, 0.05) is 13.0 Å². The fourth-order valence-corrected chi connectivity index (χ4v) is 2.47. The van der Waals surface area contributed by atoms with E-state index in [1.165, 1.54) is 15.6 Å². The number of hydrogen-bond donors (Lipinski definition) is 0. The molecule has 0 amide bonds. The molecule has 0 fully saturated rings. The lowest BCUT2D eigenvalue weighted by Gasteiger charge is -1.99. The molecule has 0 bridgehead atoms. The molecule has 0 aliphatic rings. The van der Waals surface area contributed by atoms with Crippen molar-refractivity contribution >= 4 is 11.4 Å². The predicted octanol–water partition coefficient (Wildman–Crippen LogP) is 1.19. The lowest BCUT2D eigenvalue weighted by molar-refractivity contribution is -0.386. The van der Waals surface area contributed by atoms with Gasteiger partial charge in [0.1, 0.15) is 30.3 Å². The minimum Gasteiger partial charge on any atom is -0.423 e. The molecule has 13 heteroatoms. The van der Waals surface area contributed by atoms with Crippen LogP contribution in [0.5, 0.6) is 0 Å². The molecule has 0 aliphatic heterocycles. The van der Waals surface area contributed by atoms with Crippen molar-refractivity contribution in [2.45, 2.75) is 33.4 Å². The summed E-state index contributed by atoms with van der Waals surface area (Å²) in [6.07, 6.45) is 2.81. The van der Waals surface area contributed by atoms with Crippen molar-refractivity contribution in [2.75, 3.05) is 0 Å². The maximum atomic E-state index is 11.0. The molecule has 0 radical (unpaired) electrons. The molecule has 3 heterocycles. The number of hydrogen-bond acceptors (Lipinski definition) is 9. The molecule has 0 spiro atoms. The largest absolute Gasteiger partial charge is 0.423 e. The molecule has 3 rings (SSSR count). The van der Waals surface area contributed by atoms with Crippen LogP contribution in [0.1, 0.15) is 23.2 Å². The smallest absolute Gasteiger partial charge is 0.312 e. The summed E-state index contributed by atoms with van der Waals surface area (Å²) in [5.74, 6) is 0.584. The topological polar surface area (TPSA) is 161 Å². The van der Waals surface area contributed by atoms with Gasteiger partial charge in [-0.15, -0.1) is 10.2 Å². The average molecular weight is 362 g/mol. The van der Waals surface area contributed by atoms with E-state index in [1.54, 1.807) is 13.8 Å². The molecule has 0 unspecified atom stereocenters. The second-order valence-electron chi connectivity index (χ2n) is 5.49. The summed E-state index contributed by atoms with van der Waals surface area (Å²) >= 11 is 0. The SMILES string of the molecule is Cc1nn(Cc2nnc(CCn3cc([N+](=O)[O-])cn3)o2)c(C)c1[N+](=O)[O-]. The third-order valence-corrected chi connectivity index (χ3v) is 3.70. The third-order valence-electron chi connectivity index (χ3n) is 3.70. The molecule has 26 heavy (non-hydrogen) atoms. The zero-order chi connectivity index (χ0) is 18.8. The zero-order valence-corrected chi connectivity index (χ0v) is 13.9. The molecule has 0 atom stereocenters. The van der Waals surface area contributed by atoms with Gasteiger partial charge >= 0.3 is 11.4 Å². The van der Waals surface area contributed by atoms with Gasteiger partial charge in [-0.2, -0.15) is 10.2 Å². The first-order chi connectivity index (χ1) is 12.3. The number of nitro groups is 2. The highest BCUT2D eigenvalue weighted by Gasteiger charge is 2.22. The Morgan fingerprint density at radius 1 is 1.15 bits per heavy atom. The molecule has 0 saturated heterocycles. The Kier molecular flexibility index (Phi) is 4.43. The highest BCUT2D eigenvalue weighted by molar-refractivity contribution is 5.39. The van der Waals surface area contributed by atoms with E-state index >= 15 is 0 Å². The molecule has 13 nitrogen and oxygen atoms in total. The van der Waals surface area contributed by atoms with Crippen LogP contribution in [0, 0.1) is 34.1 Å². The van der Waals surface area contributed by atoms with Crippen LogP contribution in [0.2, 0.25) is 0 Å². The molecule has 0 aromatic carbocycles. The Balaban J connectivity index is 1.65. The first-order valence-electron chi connectivity index (χ1n) is 7.51. The first kappa shape index (κ1) is 17.2. The monoisotopic (exact) mass is 362 g/mol. The standard InChI is InChI=1S/C13H14N8O5/c1-8-13(21(24)25)9(2)19(17-8)7-12-16-15-11(26-12)3-4-18-6-10(5-14-18)20(22)23/h5-6H,3-4,7H2,1-2H3. The van der Waals surface area contributed by atoms with E-state index in [2.05, 4.69) is 20.4 Å². The molecule has 0 aliphatic carbocycles. The van der Waals surface area contributed by atoms with E-state index in [4.69, 9.17) is 4.42 Å². The summed E-state index contributed by atoms with van der Waals surface area (Å²) in [5, 5.41) is 37.4. The van der Waals surface area contributed by atoms with Crippen molar-refractivity contribution in [3.8, 4) is 0 Å². The number of rotatable bonds is 7. The van der Waals surface area contributed by atoms with E-state index in [-0.39, 0.29) is 23.8 Å². The Labute approximate surface area is 145 Å². The highest BCUT2D eigenvalue weighted by atomic mass is 16.6. The second kappa shape index (κ2) is 6.70. The fraction of sp³-hybridized carbons (Fsp3) is 0.385. The van der Waals surface area contributed by atoms with Crippen LogP contribution in [0.3, 0.4) is 0 Å². The van der Waals surface area contributed by atoms with E-state index in [1.807, 2.05) is 0 Å². The highest BCUT2D eigenvalue weighted by Crippen LogP contribution is 2.22. The predicted molar refractivity (Wildman–Crippen MR) is 84.3 cm³/mol. The minimum atomic E-state index is -0.526. The third kappa shape index (κ3) is 3.40. The van der Waals surface area contributed by atoms with Gasteiger partial charge in [-0.05, 0) is 13.8 Å². The molecule has 0 saturated carbocycles. The van der Waals surface area contributed by atoms with Crippen molar-refractivity contribution in [1.29, 1.82) is 0 Å². The number of nitrogens with zero attached hydrogens (tertiary/aromatic N) is 8. The molecule has 3 aromatic rings. The maximum absolute atomic E-state index is 11.0. The molecule has 0 N–H and O–H groups in total. The van der Waals surface area contributed by atoms with Gasteiger partial charge in [0.05, 0.1) is 9.85 Å². The summed E-state index contributed by atoms with van der Waals surface area (Å²) in [6, 6.07) is 0. The van der Waals surface area contributed by atoms with Crippen LogP contribution in [0.4, 0.5) is 11.4 Å². The van der Waals surface area contributed by atoms with Gasteiger partial charge < -0.3 is 4.42 Å². The van der Waals surface area contributed by atoms with Crippen molar-refractivity contribution < 1.29 is 14.3 Å². The van der Waals surface area contributed by atoms with E-state index in [0.717, 1.165) is 6.20 Å². The maximum Gasteiger partial charge on any atom is 0.312 e. The van der Waals surface area contributed by atoms with Gasteiger partial charge in [-0.1, -0.05) is 0 Å². The Hall–Kier alpha value is -3.64. The molecule has 3 aromatic heterocycles. The quantitative estimate of drug-likeness (QED) is 0.444. The number of aryl methyl sites for hydroxylation is 3. The Bertz CT molecular complexity index is 971. The van der Waals surface area contributed by atoms with Gasteiger partial charge in [0.2, 0.25) is 11.8 Å². The van der Waals surface area contributed by atoms with Crippen molar-refractivity contribution in [1.82, 2.24) is 29.8 Å². The normalized spacial score (nSPS) is 11.0. The van der Waals surface area contributed by atoms with Gasteiger partial charge in [-0.25, -0.2) is 0 Å². The molecular weight excluding hydrogens is 348 g/mol. The van der Waals surface area contributed by atoms with Crippen molar-refractivity contribution in [3.05, 3.63) is 55.8 Å². The van der Waals surface area contributed by atoms with Crippen molar-refractivity contribution in [2.24, 2.45) is 0 Å². The van der Waals surface area contributed by atoms with Gasteiger partial charge in [-0.3, -0.25) is 29.6 Å².